The second kappa shape index (κ2) is 2.74. The summed E-state index contributed by atoms with van der Waals surface area (Å²) in [7, 11) is 0. The van der Waals surface area contributed by atoms with E-state index in [4.69, 9.17) is 11.6 Å². The van der Waals surface area contributed by atoms with Crippen LogP contribution in [0.5, 0.6) is 0 Å². The van der Waals surface area contributed by atoms with Crippen molar-refractivity contribution in [2.75, 3.05) is 0 Å². The second-order valence-corrected chi connectivity index (χ2v) is 2.77. The molecule has 1 aromatic carbocycles. The molecule has 4 nitrogen and oxygen atoms in total. The second-order valence-electron chi connectivity index (χ2n) is 2.36. The largest absolute Gasteiger partial charge is 0.522 e. The molecule has 0 spiro atoms. The van der Waals surface area contributed by atoms with Crippen molar-refractivity contribution in [3.05, 3.63) is 44.3 Å². The third kappa shape index (κ3) is 1.25. The molecule has 1 aromatic heterocycles. The Morgan fingerprint density at radius 1 is 1.15 bits per heavy atom. The fourth-order valence-electron chi connectivity index (χ4n) is 1.01. The summed E-state index contributed by atoms with van der Waals surface area (Å²) >= 11 is 5.69. The minimum atomic E-state index is -1.05. The van der Waals surface area contributed by atoms with Gasteiger partial charge >= 0.3 is 11.4 Å². The minimum Gasteiger partial charge on any atom is -0.392 e. The molecule has 66 valence electrons. The highest BCUT2D eigenvalue weighted by Crippen LogP contribution is 2.18. The van der Waals surface area contributed by atoms with Gasteiger partial charge < -0.3 is 8.83 Å². The molecular weight excluding hydrogens is 196 g/mol. The normalized spacial score (nSPS) is 10.5. The Morgan fingerprint density at radius 2 is 1.92 bits per heavy atom. The minimum absolute atomic E-state index is 0.0606. The van der Waals surface area contributed by atoms with E-state index in [0.29, 0.717) is 0 Å². The zero-order valence-corrected chi connectivity index (χ0v) is 7.00. The average Bonchev–Trinajstić information content (AvgIpc) is 2.07. The molecule has 0 radical (unpaired) electrons. The maximum atomic E-state index is 11.1. The van der Waals surface area contributed by atoms with Crippen molar-refractivity contribution in [2.45, 2.75) is 0 Å². The first-order valence-electron chi connectivity index (χ1n) is 3.41. The van der Waals surface area contributed by atoms with Crippen LogP contribution in [0.3, 0.4) is 0 Å². The van der Waals surface area contributed by atoms with Gasteiger partial charge in [0.1, 0.15) is 5.39 Å². The fraction of sp³-hybridized carbons (Fsp3) is 0. The number of rotatable bonds is 0. The van der Waals surface area contributed by atoms with Gasteiger partial charge in [0.2, 0.25) is 0 Å². The molecule has 2 aromatic rings. The van der Waals surface area contributed by atoms with Gasteiger partial charge in [0.05, 0.1) is 5.02 Å². The van der Waals surface area contributed by atoms with Crippen LogP contribution in [0.15, 0.2) is 36.6 Å². The van der Waals surface area contributed by atoms with Crippen molar-refractivity contribution in [1.29, 1.82) is 0 Å². The molecule has 0 aliphatic heterocycles. The van der Waals surface area contributed by atoms with Crippen molar-refractivity contribution in [3.63, 3.8) is 0 Å². The Balaban J connectivity index is 3.12. The molecule has 0 saturated carbocycles. The van der Waals surface area contributed by atoms with E-state index in [2.05, 4.69) is 8.83 Å². The molecule has 5 heteroatoms. The first-order chi connectivity index (χ1) is 6.18. The van der Waals surface area contributed by atoms with Crippen molar-refractivity contribution in [3.8, 4) is 0 Å². The van der Waals surface area contributed by atoms with Crippen molar-refractivity contribution >= 4 is 22.6 Å². The van der Waals surface area contributed by atoms with Crippen LogP contribution < -0.4 is 11.4 Å². The predicted octanol–water partition coefficient (Wildman–Crippen LogP) is 1.40. The van der Waals surface area contributed by atoms with Gasteiger partial charge in [-0.2, -0.15) is 0 Å². The van der Waals surface area contributed by atoms with Crippen LogP contribution in [0.25, 0.3) is 11.0 Å². The topological polar surface area (TPSA) is 60.4 Å². The van der Waals surface area contributed by atoms with E-state index in [1.54, 1.807) is 6.07 Å². The van der Waals surface area contributed by atoms with Crippen molar-refractivity contribution < 1.29 is 8.83 Å². The number of para-hydroxylation sites is 1. The maximum Gasteiger partial charge on any atom is 0.522 e. The number of hydrogen-bond acceptors (Lipinski definition) is 4. The third-order valence-corrected chi connectivity index (χ3v) is 1.85. The summed E-state index contributed by atoms with van der Waals surface area (Å²) in [5.41, 5.74) is -0.681. The first-order valence-corrected chi connectivity index (χ1v) is 3.79. The van der Waals surface area contributed by atoms with Gasteiger partial charge in [-0.15, -0.1) is 0 Å². The predicted molar refractivity (Wildman–Crippen MR) is 46.0 cm³/mol. The van der Waals surface area contributed by atoms with Crippen LogP contribution in [0.1, 0.15) is 0 Å². The van der Waals surface area contributed by atoms with E-state index in [9.17, 15) is 9.59 Å². The molecule has 0 N–H and O–H groups in total. The lowest BCUT2D eigenvalue weighted by Crippen LogP contribution is -2.09. The Labute approximate surface area is 76.3 Å². The van der Waals surface area contributed by atoms with Crippen molar-refractivity contribution in [1.82, 2.24) is 0 Å². The summed E-state index contributed by atoms with van der Waals surface area (Å²) in [6.45, 7) is 0. The monoisotopic (exact) mass is 198 g/mol. The molecule has 0 unspecified atom stereocenters. The highest BCUT2D eigenvalue weighted by Gasteiger charge is 2.06. The summed E-state index contributed by atoms with van der Waals surface area (Å²) in [4.78, 5) is 21.7. The van der Waals surface area contributed by atoms with Gasteiger partial charge in [0.15, 0.2) is 5.58 Å². The van der Waals surface area contributed by atoms with E-state index >= 15 is 0 Å². The highest BCUT2D eigenvalue weighted by atomic mass is 35.5. The summed E-state index contributed by atoms with van der Waals surface area (Å²) < 4.78 is 8.83. The molecule has 1 heterocycles. The molecule has 2 rings (SSSR count). The molecule has 0 aliphatic rings. The number of hydrogen-bond donors (Lipinski definition) is 0. The standard InChI is InChI=1S/C8H3ClO4/c9-5-3-1-2-4-6(5)12-8(11)13-7(4)10/h1-3H. The van der Waals surface area contributed by atoms with Crippen LogP contribution >= 0.6 is 11.6 Å². The summed E-state index contributed by atoms with van der Waals surface area (Å²) in [5, 5.41) is 0.370. The Kier molecular flexibility index (Phi) is 1.70. The van der Waals surface area contributed by atoms with Gasteiger partial charge in [-0.3, -0.25) is 0 Å². The Bertz CT molecular complexity index is 566. The fourth-order valence-corrected chi connectivity index (χ4v) is 1.22. The summed E-state index contributed by atoms with van der Waals surface area (Å²) in [6.07, 6.45) is 0. The van der Waals surface area contributed by atoms with Crippen LogP contribution in [0, 0.1) is 0 Å². The Morgan fingerprint density at radius 3 is 2.69 bits per heavy atom. The van der Waals surface area contributed by atoms with E-state index in [1.807, 2.05) is 0 Å². The highest BCUT2D eigenvalue weighted by molar-refractivity contribution is 6.34. The number of benzene rings is 1. The number of fused-ring (bicyclic) bond motifs is 1. The van der Waals surface area contributed by atoms with Gasteiger partial charge in [-0.25, -0.2) is 9.59 Å². The van der Waals surface area contributed by atoms with E-state index in [0.717, 1.165) is 0 Å². The zero-order valence-electron chi connectivity index (χ0n) is 6.24. The third-order valence-electron chi connectivity index (χ3n) is 1.55. The summed E-state index contributed by atoms with van der Waals surface area (Å²) in [6, 6.07) is 4.56. The average molecular weight is 199 g/mol. The molecule has 0 saturated heterocycles. The molecular formula is C8H3ClO4. The van der Waals surface area contributed by atoms with Gasteiger partial charge in [0.25, 0.3) is 0 Å². The molecule has 0 aliphatic carbocycles. The first kappa shape index (κ1) is 8.07. The van der Waals surface area contributed by atoms with Gasteiger partial charge in [0, 0.05) is 0 Å². The van der Waals surface area contributed by atoms with Crippen LogP contribution in [-0.4, -0.2) is 0 Å². The van der Waals surface area contributed by atoms with Crippen LogP contribution in [0.2, 0.25) is 5.02 Å². The van der Waals surface area contributed by atoms with Crippen LogP contribution in [-0.2, 0) is 0 Å². The SMILES string of the molecule is O=c1oc(=O)c2cccc(Cl)c2o1. The lowest BCUT2D eigenvalue weighted by atomic mass is 10.3. The quantitative estimate of drug-likeness (QED) is 0.642. The van der Waals surface area contributed by atoms with Gasteiger partial charge in [-0.05, 0) is 12.1 Å². The molecule has 0 fully saturated rings. The van der Waals surface area contributed by atoms with Crippen molar-refractivity contribution in [2.24, 2.45) is 0 Å². The zero-order chi connectivity index (χ0) is 9.42. The van der Waals surface area contributed by atoms with E-state index < -0.39 is 11.4 Å². The smallest absolute Gasteiger partial charge is 0.392 e. The van der Waals surface area contributed by atoms with Crippen LogP contribution in [0.4, 0.5) is 0 Å². The number of halogens is 1. The molecule has 13 heavy (non-hydrogen) atoms. The Hall–Kier alpha value is -1.55. The molecule has 0 amide bonds. The van der Waals surface area contributed by atoms with Gasteiger partial charge in [-0.1, -0.05) is 17.7 Å². The molecule has 0 atom stereocenters. The maximum absolute atomic E-state index is 11.1. The lowest BCUT2D eigenvalue weighted by Gasteiger charge is -1.93. The lowest BCUT2D eigenvalue weighted by molar-refractivity contribution is 0.328. The van der Waals surface area contributed by atoms with E-state index in [-0.39, 0.29) is 16.0 Å². The summed E-state index contributed by atoms with van der Waals surface area (Å²) in [5.74, 6) is -1.05. The van der Waals surface area contributed by atoms with E-state index in [1.165, 1.54) is 12.1 Å². The molecule has 0 bridgehead atoms.